The summed E-state index contributed by atoms with van der Waals surface area (Å²) in [5, 5.41) is 3.46. The van der Waals surface area contributed by atoms with Gasteiger partial charge in [0.05, 0.1) is 12.8 Å². The molecular weight excluding hydrogens is 462 g/mol. The van der Waals surface area contributed by atoms with Crippen LogP contribution in [0.25, 0.3) is 0 Å². The van der Waals surface area contributed by atoms with E-state index in [0.717, 1.165) is 75.7 Å². The molecule has 186 valence electrons. The van der Waals surface area contributed by atoms with E-state index in [0.29, 0.717) is 22.7 Å². The van der Waals surface area contributed by atoms with E-state index in [1.54, 1.807) is 18.2 Å². The molecule has 3 heterocycles. The Bertz CT molecular complexity index is 973. The summed E-state index contributed by atoms with van der Waals surface area (Å²) in [4.78, 5) is 24.7. The Morgan fingerprint density at radius 3 is 2.79 bits per heavy atom. The third kappa shape index (κ3) is 6.85. The first-order chi connectivity index (χ1) is 16.3. The quantitative estimate of drug-likeness (QED) is 0.560. The maximum atomic E-state index is 13.0. The van der Waals surface area contributed by atoms with Gasteiger partial charge in [0.1, 0.15) is 5.69 Å². The maximum Gasteiger partial charge on any atom is 0.278 e. The van der Waals surface area contributed by atoms with Crippen LogP contribution in [-0.4, -0.2) is 59.5 Å². The first-order valence-corrected chi connectivity index (χ1v) is 12.6. The van der Waals surface area contributed by atoms with Crippen molar-refractivity contribution in [1.82, 2.24) is 20.2 Å². The van der Waals surface area contributed by atoms with Crippen LogP contribution in [0.3, 0.4) is 0 Å². The molecule has 2 aromatic rings. The summed E-state index contributed by atoms with van der Waals surface area (Å²) in [6, 6.07) is 5.37. The van der Waals surface area contributed by atoms with E-state index in [4.69, 9.17) is 9.47 Å². The van der Waals surface area contributed by atoms with Gasteiger partial charge in [0, 0.05) is 37.0 Å². The van der Waals surface area contributed by atoms with Crippen LogP contribution in [0, 0.1) is 5.92 Å². The van der Waals surface area contributed by atoms with Crippen molar-refractivity contribution >= 4 is 17.2 Å². The molecule has 0 aromatic carbocycles. The second-order valence-electron chi connectivity index (χ2n) is 9.28. The van der Waals surface area contributed by atoms with Crippen LogP contribution >= 0.6 is 11.3 Å². The van der Waals surface area contributed by atoms with Gasteiger partial charge in [-0.1, -0.05) is 17.4 Å². The number of alkyl halides is 2. The average molecular weight is 495 g/mol. The zero-order valence-electron chi connectivity index (χ0n) is 19.7. The first-order valence-electron chi connectivity index (χ1n) is 11.8. The number of nitrogens with one attached hydrogen (secondary N) is 1. The molecule has 10 heteroatoms. The summed E-state index contributed by atoms with van der Waals surface area (Å²) in [5.41, 5.74) is 1.34. The highest BCUT2D eigenvalue weighted by Crippen LogP contribution is 2.32. The Morgan fingerprint density at radius 2 is 2.06 bits per heavy atom. The lowest BCUT2D eigenvalue weighted by Crippen LogP contribution is -2.38. The molecule has 0 unspecified atom stereocenters. The SMILES string of the molecule is COc1cccc(C(=O)NC2CCC(CCN3CCc4sc(OCC(C)(F)F)nc4C3)CC2)n1. The van der Waals surface area contributed by atoms with Crippen molar-refractivity contribution in [3.63, 3.8) is 0 Å². The molecule has 2 aliphatic rings. The van der Waals surface area contributed by atoms with Crippen LogP contribution < -0.4 is 14.8 Å². The molecule has 0 atom stereocenters. The molecule has 1 aliphatic carbocycles. The average Bonchev–Trinajstić information content (AvgIpc) is 3.24. The largest absolute Gasteiger partial charge is 0.481 e. The second-order valence-corrected chi connectivity index (χ2v) is 10.3. The summed E-state index contributed by atoms with van der Waals surface area (Å²) in [6.45, 7) is 2.91. The van der Waals surface area contributed by atoms with E-state index in [1.807, 2.05) is 0 Å². The van der Waals surface area contributed by atoms with E-state index < -0.39 is 12.5 Å². The molecule has 1 amide bonds. The fraction of sp³-hybridized carbons (Fsp3) is 0.625. The number of aromatic nitrogens is 2. The highest BCUT2D eigenvalue weighted by atomic mass is 32.1. The molecule has 2 aromatic heterocycles. The smallest absolute Gasteiger partial charge is 0.278 e. The standard InChI is InChI=1S/C24H32F2N4O3S/c1-24(25,26)15-33-23-29-19-14-30(13-11-20(19)34-23)12-10-16-6-8-17(9-7-16)27-22(31)18-4-3-5-21(28-18)32-2/h3-5,16-17H,6-15H2,1-2H3,(H,27,31). The number of ether oxygens (including phenoxy) is 2. The molecule has 1 fully saturated rings. The number of fused-ring (bicyclic) bond motifs is 1. The van der Waals surface area contributed by atoms with Crippen LogP contribution in [-0.2, 0) is 13.0 Å². The fourth-order valence-corrected chi connectivity index (χ4v) is 5.45. The van der Waals surface area contributed by atoms with Gasteiger partial charge in [-0.15, -0.1) is 0 Å². The first kappa shape index (κ1) is 24.8. The lowest BCUT2D eigenvalue weighted by molar-refractivity contribution is -0.0230. The number of amides is 1. The van der Waals surface area contributed by atoms with Gasteiger partial charge in [-0.3, -0.25) is 9.69 Å². The maximum absolute atomic E-state index is 13.0. The summed E-state index contributed by atoms with van der Waals surface area (Å²) in [5.74, 6) is -1.93. The minimum absolute atomic E-state index is 0.152. The second kappa shape index (κ2) is 10.9. The molecule has 0 spiro atoms. The monoisotopic (exact) mass is 494 g/mol. The topological polar surface area (TPSA) is 76.6 Å². The molecule has 4 rings (SSSR count). The number of thiazole rings is 1. The number of hydrogen-bond acceptors (Lipinski definition) is 7. The molecule has 1 saturated carbocycles. The predicted octanol–water partition coefficient (Wildman–Crippen LogP) is 4.32. The zero-order valence-corrected chi connectivity index (χ0v) is 20.5. The number of pyridine rings is 1. The van der Waals surface area contributed by atoms with Crippen LogP contribution in [0.1, 0.15) is 60.1 Å². The summed E-state index contributed by atoms with van der Waals surface area (Å²) in [6.07, 6.45) is 6.13. The predicted molar refractivity (Wildman–Crippen MR) is 126 cm³/mol. The third-order valence-electron chi connectivity index (χ3n) is 6.44. The molecule has 1 aliphatic heterocycles. The zero-order chi connectivity index (χ0) is 24.1. The van der Waals surface area contributed by atoms with Gasteiger partial charge < -0.3 is 14.8 Å². The van der Waals surface area contributed by atoms with Gasteiger partial charge in [-0.05, 0) is 57.1 Å². The van der Waals surface area contributed by atoms with Gasteiger partial charge in [0.15, 0.2) is 6.61 Å². The summed E-state index contributed by atoms with van der Waals surface area (Å²) < 4.78 is 36.4. The van der Waals surface area contributed by atoms with Crippen molar-refractivity contribution in [2.45, 2.75) is 64.0 Å². The van der Waals surface area contributed by atoms with Crippen molar-refractivity contribution in [2.24, 2.45) is 5.92 Å². The van der Waals surface area contributed by atoms with Crippen LogP contribution in [0.4, 0.5) is 8.78 Å². The Labute approximate surface area is 202 Å². The van der Waals surface area contributed by atoms with Crippen molar-refractivity contribution in [2.75, 3.05) is 26.8 Å². The number of nitrogens with zero attached hydrogens (tertiary/aromatic N) is 3. The van der Waals surface area contributed by atoms with Gasteiger partial charge >= 0.3 is 0 Å². The van der Waals surface area contributed by atoms with E-state index in [9.17, 15) is 13.6 Å². The number of carbonyl (C=O) groups excluding carboxylic acids is 1. The molecule has 0 radical (unpaired) electrons. The fourth-order valence-electron chi connectivity index (χ4n) is 4.55. The van der Waals surface area contributed by atoms with Crippen molar-refractivity contribution in [3.05, 3.63) is 34.5 Å². The number of halogens is 2. The van der Waals surface area contributed by atoms with E-state index in [-0.39, 0.29) is 11.9 Å². The van der Waals surface area contributed by atoms with Crippen LogP contribution in [0.15, 0.2) is 18.2 Å². The number of hydrogen-bond donors (Lipinski definition) is 1. The van der Waals surface area contributed by atoms with Crippen LogP contribution in [0.5, 0.6) is 11.1 Å². The lowest BCUT2D eigenvalue weighted by atomic mass is 9.84. The van der Waals surface area contributed by atoms with E-state index in [2.05, 4.69) is 20.2 Å². The Kier molecular flexibility index (Phi) is 7.98. The number of methoxy groups -OCH3 is 1. The van der Waals surface area contributed by atoms with Crippen molar-refractivity contribution < 1.29 is 23.0 Å². The van der Waals surface area contributed by atoms with Crippen molar-refractivity contribution in [3.8, 4) is 11.1 Å². The van der Waals surface area contributed by atoms with E-state index in [1.165, 1.54) is 18.4 Å². The van der Waals surface area contributed by atoms with Crippen LogP contribution in [0.2, 0.25) is 0 Å². The van der Waals surface area contributed by atoms with Gasteiger partial charge in [-0.25, -0.2) is 18.7 Å². The Hall–Kier alpha value is -2.33. The normalized spacial score (nSPS) is 21.1. The minimum Gasteiger partial charge on any atom is -0.481 e. The Morgan fingerprint density at radius 1 is 1.26 bits per heavy atom. The molecule has 7 nitrogen and oxygen atoms in total. The van der Waals surface area contributed by atoms with Gasteiger partial charge in [0.2, 0.25) is 5.88 Å². The van der Waals surface area contributed by atoms with Gasteiger partial charge in [0.25, 0.3) is 17.0 Å². The third-order valence-corrected chi connectivity index (χ3v) is 7.51. The number of rotatable bonds is 9. The molecule has 1 N–H and O–H groups in total. The molecule has 34 heavy (non-hydrogen) atoms. The Balaban J connectivity index is 1.18. The number of carbonyl (C=O) groups is 1. The highest BCUT2D eigenvalue weighted by molar-refractivity contribution is 7.13. The molecule has 0 bridgehead atoms. The summed E-state index contributed by atoms with van der Waals surface area (Å²) >= 11 is 1.39. The molecule has 0 saturated heterocycles. The minimum atomic E-state index is -2.86. The lowest BCUT2D eigenvalue weighted by Gasteiger charge is -2.31. The highest BCUT2D eigenvalue weighted by Gasteiger charge is 2.27. The van der Waals surface area contributed by atoms with Gasteiger partial charge in [-0.2, -0.15) is 0 Å². The molecular formula is C24H32F2N4O3S. The van der Waals surface area contributed by atoms with Crippen molar-refractivity contribution in [1.29, 1.82) is 0 Å². The summed E-state index contributed by atoms with van der Waals surface area (Å²) in [7, 11) is 1.54. The van der Waals surface area contributed by atoms with E-state index >= 15 is 0 Å².